The number of anilines is 2. The molecule has 2 aromatic carbocycles. The van der Waals surface area contributed by atoms with Gasteiger partial charge in [0.15, 0.2) is 0 Å². The molecule has 0 spiro atoms. The predicted molar refractivity (Wildman–Crippen MR) is 109 cm³/mol. The molecule has 0 unspecified atom stereocenters. The van der Waals surface area contributed by atoms with Crippen LogP contribution in [0.25, 0.3) is 0 Å². The Hall–Kier alpha value is -2.90. The van der Waals surface area contributed by atoms with Crippen molar-refractivity contribution in [2.75, 3.05) is 10.7 Å². The van der Waals surface area contributed by atoms with E-state index < -0.39 is 5.97 Å². The molecule has 0 aliphatic carbocycles. The number of carboxylic acid groups (broad SMARTS) is 1. The van der Waals surface area contributed by atoms with Crippen LogP contribution >= 0.6 is 11.8 Å². The van der Waals surface area contributed by atoms with Crippen molar-refractivity contribution in [1.82, 2.24) is 4.57 Å². The van der Waals surface area contributed by atoms with Gasteiger partial charge in [0.25, 0.3) is 0 Å². The summed E-state index contributed by atoms with van der Waals surface area (Å²) in [7, 11) is 1.75. The normalized spacial score (nSPS) is 10.8. The lowest BCUT2D eigenvalue weighted by Gasteiger charge is -2.21. The van der Waals surface area contributed by atoms with Crippen LogP contribution in [-0.2, 0) is 13.6 Å². The quantitative estimate of drug-likeness (QED) is 0.342. The van der Waals surface area contributed by atoms with Crippen LogP contribution in [0, 0.1) is 6.92 Å². The Kier molecular flexibility index (Phi) is 5.43. The van der Waals surface area contributed by atoms with Gasteiger partial charge in [-0.25, -0.2) is 10.6 Å². The van der Waals surface area contributed by atoms with Gasteiger partial charge in [0.1, 0.15) is 5.69 Å². The number of aromatic nitrogens is 1. The number of rotatable bonds is 6. The van der Waals surface area contributed by atoms with Gasteiger partial charge in [-0.15, -0.1) is 0 Å². The standard InChI is InChI=1S/C20H22N4O2S/c1-13-19(11-18(20(25)26)23(13)2)27-15-8-9-16(21)17(10-15)24(22)12-14-6-4-3-5-7-14/h3-11H,12,21-22H2,1-2H3,(H,25,26). The third-order valence-electron chi connectivity index (χ3n) is 4.44. The van der Waals surface area contributed by atoms with E-state index in [1.807, 2.05) is 55.5 Å². The largest absolute Gasteiger partial charge is 0.477 e. The summed E-state index contributed by atoms with van der Waals surface area (Å²) in [6.07, 6.45) is 0. The molecule has 0 fully saturated rings. The van der Waals surface area contributed by atoms with Gasteiger partial charge in [-0.05, 0) is 36.8 Å². The third-order valence-corrected chi connectivity index (χ3v) is 5.57. The van der Waals surface area contributed by atoms with Crippen molar-refractivity contribution in [2.45, 2.75) is 23.3 Å². The summed E-state index contributed by atoms with van der Waals surface area (Å²) in [6, 6.07) is 17.3. The van der Waals surface area contributed by atoms with Gasteiger partial charge in [-0.1, -0.05) is 42.1 Å². The first-order chi connectivity index (χ1) is 12.9. The van der Waals surface area contributed by atoms with E-state index in [0.717, 1.165) is 26.7 Å². The fraction of sp³-hybridized carbons (Fsp3) is 0.150. The van der Waals surface area contributed by atoms with Gasteiger partial charge in [0, 0.05) is 22.5 Å². The molecule has 0 bridgehead atoms. The molecular weight excluding hydrogens is 360 g/mol. The molecule has 0 radical (unpaired) electrons. The molecule has 1 heterocycles. The second kappa shape index (κ2) is 7.77. The number of carbonyl (C=O) groups is 1. The summed E-state index contributed by atoms with van der Waals surface area (Å²) >= 11 is 1.49. The Morgan fingerprint density at radius 1 is 1.19 bits per heavy atom. The Labute approximate surface area is 162 Å². The van der Waals surface area contributed by atoms with E-state index in [1.54, 1.807) is 22.7 Å². The van der Waals surface area contributed by atoms with Gasteiger partial charge >= 0.3 is 5.97 Å². The fourth-order valence-electron chi connectivity index (χ4n) is 2.81. The van der Waals surface area contributed by atoms with Crippen molar-refractivity contribution in [1.29, 1.82) is 0 Å². The molecule has 0 saturated heterocycles. The molecule has 1 aromatic heterocycles. The van der Waals surface area contributed by atoms with E-state index in [-0.39, 0.29) is 5.69 Å². The first-order valence-corrected chi connectivity index (χ1v) is 9.21. The molecule has 27 heavy (non-hydrogen) atoms. The van der Waals surface area contributed by atoms with Crippen LogP contribution in [0.4, 0.5) is 11.4 Å². The minimum absolute atomic E-state index is 0.259. The van der Waals surface area contributed by atoms with Crippen LogP contribution in [0.5, 0.6) is 0 Å². The minimum atomic E-state index is -0.943. The zero-order chi connectivity index (χ0) is 19.6. The second-order valence-corrected chi connectivity index (χ2v) is 7.39. The van der Waals surface area contributed by atoms with E-state index in [0.29, 0.717) is 12.2 Å². The summed E-state index contributed by atoms with van der Waals surface area (Å²) in [5, 5.41) is 10.9. The Bertz CT molecular complexity index is 970. The third kappa shape index (κ3) is 4.10. The van der Waals surface area contributed by atoms with Gasteiger partial charge in [0.2, 0.25) is 0 Å². The average molecular weight is 382 g/mol. The second-order valence-electron chi connectivity index (χ2n) is 6.28. The van der Waals surface area contributed by atoms with E-state index >= 15 is 0 Å². The van der Waals surface area contributed by atoms with Crippen molar-refractivity contribution in [3.05, 3.63) is 71.5 Å². The van der Waals surface area contributed by atoms with E-state index in [9.17, 15) is 9.90 Å². The first kappa shape index (κ1) is 18.9. The molecule has 0 atom stereocenters. The first-order valence-electron chi connectivity index (χ1n) is 8.40. The van der Waals surface area contributed by atoms with E-state index in [2.05, 4.69) is 0 Å². The van der Waals surface area contributed by atoms with Gasteiger partial charge in [0.05, 0.1) is 17.9 Å². The lowest BCUT2D eigenvalue weighted by atomic mass is 10.2. The van der Waals surface area contributed by atoms with E-state index in [4.69, 9.17) is 11.6 Å². The van der Waals surface area contributed by atoms with Crippen molar-refractivity contribution >= 4 is 29.1 Å². The summed E-state index contributed by atoms with van der Waals surface area (Å²) in [6.45, 7) is 2.43. The van der Waals surface area contributed by atoms with Gasteiger partial charge in [-0.2, -0.15) is 0 Å². The molecule has 0 saturated carbocycles. The lowest BCUT2D eigenvalue weighted by Crippen LogP contribution is -2.30. The zero-order valence-electron chi connectivity index (χ0n) is 15.2. The number of aromatic carboxylic acids is 1. The zero-order valence-corrected chi connectivity index (χ0v) is 16.0. The highest BCUT2D eigenvalue weighted by atomic mass is 32.2. The Balaban J connectivity index is 1.85. The number of benzene rings is 2. The Morgan fingerprint density at radius 2 is 1.89 bits per heavy atom. The molecule has 5 N–H and O–H groups in total. The van der Waals surface area contributed by atoms with Gasteiger partial charge < -0.3 is 20.4 Å². The molecule has 0 aliphatic heterocycles. The van der Waals surface area contributed by atoms with Crippen molar-refractivity contribution in [3.63, 3.8) is 0 Å². The van der Waals surface area contributed by atoms with Crippen LogP contribution in [-0.4, -0.2) is 15.6 Å². The minimum Gasteiger partial charge on any atom is -0.477 e. The number of nitrogens with two attached hydrogens (primary N) is 2. The van der Waals surface area contributed by atoms with Crippen molar-refractivity contribution in [3.8, 4) is 0 Å². The maximum atomic E-state index is 11.3. The number of carboxylic acids is 1. The lowest BCUT2D eigenvalue weighted by molar-refractivity contribution is 0.0686. The highest BCUT2D eigenvalue weighted by Crippen LogP contribution is 2.36. The molecule has 7 heteroatoms. The molecule has 3 aromatic rings. The number of hydrogen-bond donors (Lipinski definition) is 3. The fourth-order valence-corrected chi connectivity index (χ4v) is 3.82. The van der Waals surface area contributed by atoms with Crippen LogP contribution in [0.15, 0.2) is 64.4 Å². The van der Waals surface area contributed by atoms with Crippen molar-refractivity contribution in [2.24, 2.45) is 12.9 Å². The van der Waals surface area contributed by atoms with Crippen LogP contribution in [0.1, 0.15) is 21.7 Å². The molecule has 140 valence electrons. The number of hydrogen-bond acceptors (Lipinski definition) is 5. The molecule has 6 nitrogen and oxygen atoms in total. The summed E-state index contributed by atoms with van der Waals surface area (Å²) in [4.78, 5) is 13.2. The monoisotopic (exact) mass is 382 g/mol. The summed E-state index contributed by atoms with van der Waals surface area (Å²) in [5.41, 5.74) is 9.68. The highest BCUT2D eigenvalue weighted by Gasteiger charge is 2.16. The molecular formula is C20H22N4O2S. The number of hydrazine groups is 1. The number of nitrogens with zero attached hydrogens (tertiary/aromatic N) is 2. The maximum Gasteiger partial charge on any atom is 0.352 e. The molecule has 0 aliphatic rings. The number of nitrogen functional groups attached to an aromatic ring is 1. The maximum absolute atomic E-state index is 11.3. The summed E-state index contributed by atoms with van der Waals surface area (Å²) in [5.74, 6) is 5.31. The highest BCUT2D eigenvalue weighted by molar-refractivity contribution is 7.99. The van der Waals surface area contributed by atoms with Gasteiger partial charge in [-0.3, -0.25) is 0 Å². The average Bonchev–Trinajstić information content (AvgIpc) is 2.92. The van der Waals surface area contributed by atoms with Crippen LogP contribution < -0.4 is 16.6 Å². The molecule has 0 amide bonds. The summed E-state index contributed by atoms with van der Waals surface area (Å²) < 4.78 is 1.67. The topological polar surface area (TPSA) is 97.5 Å². The van der Waals surface area contributed by atoms with E-state index in [1.165, 1.54) is 11.8 Å². The Morgan fingerprint density at radius 3 is 2.52 bits per heavy atom. The SMILES string of the molecule is Cc1c(Sc2ccc(N)c(N(N)Cc3ccccc3)c2)cc(C(=O)O)n1C. The van der Waals surface area contributed by atoms with Crippen LogP contribution in [0.2, 0.25) is 0 Å². The van der Waals surface area contributed by atoms with Crippen molar-refractivity contribution < 1.29 is 9.90 Å². The molecule has 3 rings (SSSR count). The smallest absolute Gasteiger partial charge is 0.352 e. The van der Waals surface area contributed by atoms with Crippen LogP contribution in [0.3, 0.4) is 0 Å². The predicted octanol–water partition coefficient (Wildman–Crippen LogP) is 3.65.